The van der Waals surface area contributed by atoms with Crippen molar-refractivity contribution in [3.05, 3.63) is 53.9 Å². The highest BCUT2D eigenvalue weighted by Gasteiger charge is 2.30. The van der Waals surface area contributed by atoms with Crippen LogP contribution in [0.15, 0.2) is 36.7 Å². The predicted molar refractivity (Wildman–Crippen MR) is 99.3 cm³/mol. The SMILES string of the molecule is COC(=O)C(=O)Nc1cnn2ccc(N3CCCC3c3cc(F)ccc3F)nc12. The van der Waals surface area contributed by atoms with Gasteiger partial charge in [0.15, 0.2) is 5.65 Å². The molecule has 150 valence electrons. The first-order chi connectivity index (χ1) is 14.0. The Morgan fingerprint density at radius 2 is 2.10 bits per heavy atom. The molecule has 0 aliphatic carbocycles. The van der Waals surface area contributed by atoms with Gasteiger partial charge in [-0.15, -0.1) is 0 Å². The number of fused-ring (bicyclic) bond motifs is 1. The lowest BCUT2D eigenvalue weighted by atomic mass is 10.0. The van der Waals surface area contributed by atoms with Crippen LogP contribution in [0, 0.1) is 11.6 Å². The molecule has 0 spiro atoms. The number of aromatic nitrogens is 3. The molecule has 1 aliphatic heterocycles. The summed E-state index contributed by atoms with van der Waals surface area (Å²) in [7, 11) is 1.10. The monoisotopic (exact) mass is 401 g/mol. The minimum atomic E-state index is -1.04. The summed E-state index contributed by atoms with van der Waals surface area (Å²) in [6.07, 6.45) is 4.44. The van der Waals surface area contributed by atoms with E-state index in [1.54, 1.807) is 12.3 Å². The molecule has 3 aromatic rings. The zero-order chi connectivity index (χ0) is 20.5. The van der Waals surface area contributed by atoms with Crippen LogP contribution in [0.2, 0.25) is 0 Å². The van der Waals surface area contributed by atoms with Crippen LogP contribution in [-0.4, -0.2) is 40.1 Å². The van der Waals surface area contributed by atoms with Gasteiger partial charge in [-0.05, 0) is 37.1 Å². The van der Waals surface area contributed by atoms with Crippen LogP contribution in [0.4, 0.5) is 20.3 Å². The smallest absolute Gasteiger partial charge is 0.396 e. The lowest BCUT2D eigenvalue weighted by Crippen LogP contribution is -2.25. The van der Waals surface area contributed by atoms with E-state index in [0.717, 1.165) is 25.7 Å². The quantitative estimate of drug-likeness (QED) is 0.536. The maximum Gasteiger partial charge on any atom is 0.396 e. The average molecular weight is 401 g/mol. The maximum absolute atomic E-state index is 14.3. The Bertz CT molecular complexity index is 1100. The molecule has 1 aromatic carbocycles. The molecule has 1 unspecified atom stereocenters. The number of esters is 1. The summed E-state index contributed by atoms with van der Waals surface area (Å²) in [5.74, 6) is -2.44. The summed E-state index contributed by atoms with van der Waals surface area (Å²) in [4.78, 5) is 29.6. The molecule has 3 heterocycles. The number of carbonyl (C=O) groups excluding carboxylic acids is 2. The Morgan fingerprint density at radius 3 is 2.90 bits per heavy atom. The van der Waals surface area contributed by atoms with Crippen molar-refractivity contribution < 1.29 is 23.1 Å². The number of carbonyl (C=O) groups is 2. The number of hydrogen-bond donors (Lipinski definition) is 1. The Kier molecular flexibility index (Phi) is 4.83. The minimum Gasteiger partial charge on any atom is -0.462 e. The Hall–Kier alpha value is -3.56. The third-order valence-corrected chi connectivity index (χ3v) is 4.84. The number of hydrogen-bond acceptors (Lipinski definition) is 6. The van der Waals surface area contributed by atoms with Gasteiger partial charge < -0.3 is 15.0 Å². The number of benzene rings is 1. The third kappa shape index (κ3) is 3.48. The van der Waals surface area contributed by atoms with Crippen LogP contribution >= 0.6 is 0 Å². The molecule has 2 aromatic heterocycles. The van der Waals surface area contributed by atoms with Crippen LogP contribution in [-0.2, 0) is 14.3 Å². The summed E-state index contributed by atoms with van der Waals surface area (Å²) in [6, 6.07) is 4.76. The lowest BCUT2D eigenvalue weighted by Gasteiger charge is -2.26. The number of nitrogens with zero attached hydrogens (tertiary/aromatic N) is 4. The van der Waals surface area contributed by atoms with Crippen LogP contribution < -0.4 is 10.2 Å². The van der Waals surface area contributed by atoms with E-state index in [2.05, 4.69) is 20.1 Å². The maximum atomic E-state index is 14.3. The highest BCUT2D eigenvalue weighted by molar-refractivity contribution is 6.37. The molecular formula is C19H17F2N5O3. The van der Waals surface area contributed by atoms with Gasteiger partial charge in [-0.25, -0.2) is 23.1 Å². The molecule has 0 bridgehead atoms. The van der Waals surface area contributed by atoms with E-state index in [4.69, 9.17) is 0 Å². The number of ether oxygens (including phenoxy) is 1. The van der Waals surface area contributed by atoms with E-state index < -0.39 is 23.5 Å². The fourth-order valence-corrected chi connectivity index (χ4v) is 3.51. The van der Waals surface area contributed by atoms with Gasteiger partial charge in [0.2, 0.25) is 0 Å². The molecule has 0 saturated carbocycles. The molecule has 8 nitrogen and oxygen atoms in total. The number of amides is 1. The molecule has 10 heteroatoms. The van der Waals surface area contributed by atoms with Crippen LogP contribution in [0.1, 0.15) is 24.4 Å². The first-order valence-corrected chi connectivity index (χ1v) is 8.93. The van der Waals surface area contributed by atoms with Crippen LogP contribution in [0.5, 0.6) is 0 Å². The van der Waals surface area contributed by atoms with Gasteiger partial charge in [0.05, 0.1) is 19.3 Å². The van der Waals surface area contributed by atoms with Gasteiger partial charge in [-0.1, -0.05) is 0 Å². The Labute approximate surface area is 164 Å². The summed E-state index contributed by atoms with van der Waals surface area (Å²) < 4.78 is 33.8. The van der Waals surface area contributed by atoms with Crippen molar-refractivity contribution >= 4 is 29.0 Å². The second-order valence-electron chi connectivity index (χ2n) is 6.58. The molecule has 0 radical (unpaired) electrons. The first-order valence-electron chi connectivity index (χ1n) is 8.93. The molecule has 1 aliphatic rings. The highest BCUT2D eigenvalue weighted by Crippen LogP contribution is 2.37. The largest absolute Gasteiger partial charge is 0.462 e. The van der Waals surface area contributed by atoms with Crippen LogP contribution in [0.25, 0.3) is 5.65 Å². The molecule has 29 heavy (non-hydrogen) atoms. The van der Waals surface area contributed by atoms with E-state index >= 15 is 0 Å². The van der Waals surface area contributed by atoms with Gasteiger partial charge in [0.25, 0.3) is 0 Å². The number of nitrogens with one attached hydrogen (secondary N) is 1. The highest BCUT2D eigenvalue weighted by atomic mass is 19.1. The number of anilines is 2. The van der Waals surface area contributed by atoms with E-state index in [1.807, 2.05) is 4.90 Å². The molecule has 1 amide bonds. The molecule has 1 saturated heterocycles. The summed E-state index contributed by atoms with van der Waals surface area (Å²) in [5.41, 5.74) is 0.817. The van der Waals surface area contributed by atoms with Crippen molar-refractivity contribution in [2.75, 3.05) is 23.9 Å². The summed E-state index contributed by atoms with van der Waals surface area (Å²) in [6.45, 7) is 0.613. The van der Waals surface area contributed by atoms with Crippen molar-refractivity contribution in [1.29, 1.82) is 0 Å². The minimum absolute atomic E-state index is 0.231. The van der Waals surface area contributed by atoms with Crippen molar-refractivity contribution in [2.45, 2.75) is 18.9 Å². The van der Waals surface area contributed by atoms with Crippen molar-refractivity contribution in [3.8, 4) is 0 Å². The summed E-state index contributed by atoms with van der Waals surface area (Å²) in [5, 5.41) is 6.49. The fourth-order valence-electron chi connectivity index (χ4n) is 3.51. The molecule has 1 fully saturated rings. The predicted octanol–water partition coefficient (Wildman–Crippen LogP) is 2.46. The lowest BCUT2D eigenvalue weighted by molar-refractivity contribution is -0.150. The molecule has 4 rings (SSSR count). The number of methoxy groups -OCH3 is 1. The average Bonchev–Trinajstić information content (AvgIpc) is 3.36. The van der Waals surface area contributed by atoms with Crippen LogP contribution in [0.3, 0.4) is 0 Å². The number of rotatable bonds is 3. The summed E-state index contributed by atoms with van der Waals surface area (Å²) >= 11 is 0. The van der Waals surface area contributed by atoms with Crippen molar-refractivity contribution in [1.82, 2.24) is 14.6 Å². The molecular weight excluding hydrogens is 384 g/mol. The zero-order valence-corrected chi connectivity index (χ0v) is 15.4. The van der Waals surface area contributed by atoms with Gasteiger partial charge >= 0.3 is 11.9 Å². The fraction of sp³-hybridized carbons (Fsp3) is 0.263. The van der Waals surface area contributed by atoms with E-state index in [1.165, 1.54) is 16.8 Å². The van der Waals surface area contributed by atoms with E-state index in [0.29, 0.717) is 24.4 Å². The third-order valence-electron chi connectivity index (χ3n) is 4.84. The van der Waals surface area contributed by atoms with Crippen molar-refractivity contribution in [2.24, 2.45) is 0 Å². The van der Waals surface area contributed by atoms with E-state index in [9.17, 15) is 18.4 Å². The molecule has 1 atom stereocenters. The second-order valence-corrected chi connectivity index (χ2v) is 6.58. The van der Waals surface area contributed by atoms with Gasteiger partial charge in [0, 0.05) is 18.3 Å². The normalized spacial score (nSPS) is 16.2. The standard InChI is InChI=1S/C19H17F2N5O3/c1-29-19(28)18(27)23-14-10-22-26-8-6-16(24-17(14)26)25-7-2-3-15(25)12-9-11(20)4-5-13(12)21/h4-6,8-10,15H,2-3,7H2,1H3,(H,23,27). The van der Waals surface area contributed by atoms with Gasteiger partial charge in [0.1, 0.15) is 23.1 Å². The Morgan fingerprint density at radius 1 is 1.28 bits per heavy atom. The molecule has 1 N–H and O–H groups in total. The first kappa shape index (κ1) is 18.8. The number of halogens is 2. The van der Waals surface area contributed by atoms with E-state index in [-0.39, 0.29) is 17.3 Å². The second kappa shape index (κ2) is 7.46. The van der Waals surface area contributed by atoms with Crippen molar-refractivity contribution in [3.63, 3.8) is 0 Å². The topological polar surface area (TPSA) is 88.8 Å². The van der Waals surface area contributed by atoms with Gasteiger partial charge in [-0.3, -0.25) is 4.79 Å². The Balaban J connectivity index is 1.68. The van der Waals surface area contributed by atoms with Gasteiger partial charge in [-0.2, -0.15) is 5.10 Å². The zero-order valence-electron chi connectivity index (χ0n) is 15.4.